The largest absolute Gasteiger partial charge is 0.374 e. The SMILES string of the molecule is C=Cc1ccccc1-c1c(C)cc(N(c2cccc(-c3ccc4ccccc4c3)c2)c2ccc3c(c2)-c2ccccc2C3(C)C)c(C)c1NC(C=C)c1ccccc1. The number of aryl methyl sites for hydroxylation is 1. The molecule has 0 heterocycles. The first-order valence-corrected chi connectivity index (χ1v) is 20.2. The van der Waals surface area contributed by atoms with Gasteiger partial charge in [0.1, 0.15) is 0 Å². The maximum absolute atomic E-state index is 4.31. The van der Waals surface area contributed by atoms with Crippen molar-refractivity contribution in [3.05, 3.63) is 222 Å². The van der Waals surface area contributed by atoms with Crippen molar-refractivity contribution in [1.29, 1.82) is 0 Å². The second kappa shape index (κ2) is 14.9. The Morgan fingerprint density at radius 1 is 0.569 bits per heavy atom. The van der Waals surface area contributed by atoms with Gasteiger partial charge in [-0.3, -0.25) is 0 Å². The van der Waals surface area contributed by atoms with Gasteiger partial charge in [0.05, 0.1) is 11.7 Å². The highest BCUT2D eigenvalue weighted by Gasteiger charge is 2.36. The number of nitrogens with one attached hydrogen (secondary N) is 1. The Morgan fingerprint density at radius 3 is 2.03 bits per heavy atom. The van der Waals surface area contributed by atoms with E-state index in [-0.39, 0.29) is 11.5 Å². The fourth-order valence-corrected chi connectivity index (χ4v) is 9.12. The summed E-state index contributed by atoms with van der Waals surface area (Å²) in [4.78, 5) is 2.46. The summed E-state index contributed by atoms with van der Waals surface area (Å²) in [5.41, 5.74) is 18.8. The minimum Gasteiger partial charge on any atom is -0.374 e. The first-order chi connectivity index (χ1) is 28.3. The van der Waals surface area contributed by atoms with Crippen LogP contribution in [0.2, 0.25) is 0 Å². The predicted octanol–water partition coefficient (Wildman–Crippen LogP) is 15.5. The molecule has 1 atom stereocenters. The monoisotopic (exact) mass is 748 g/mol. The van der Waals surface area contributed by atoms with Crippen LogP contribution in [0.15, 0.2) is 189 Å². The van der Waals surface area contributed by atoms with Gasteiger partial charge in [-0.05, 0) is 122 Å². The van der Waals surface area contributed by atoms with E-state index in [0.717, 1.165) is 56.1 Å². The standard InChI is InChI=1S/C56H48N2/c1-7-39-19-14-15-26-47(39)54-37(3)33-53(38(4)55(54)57-52(8-2)41-21-10-9-11-22-41)58(46-31-32-51-49(36-46)48-27-16-17-28-50(48)56(51,5)6)45-25-18-24-43(35-45)44-30-29-40-20-12-13-23-42(40)34-44/h7-36,52,57H,1-2H2,3-6H3. The third-order valence-corrected chi connectivity index (χ3v) is 12.2. The van der Waals surface area contributed by atoms with E-state index in [4.69, 9.17) is 0 Å². The van der Waals surface area contributed by atoms with E-state index in [1.807, 2.05) is 12.2 Å². The molecule has 0 fully saturated rings. The van der Waals surface area contributed by atoms with Crippen LogP contribution < -0.4 is 10.2 Å². The Hall–Kier alpha value is -6.90. The summed E-state index contributed by atoms with van der Waals surface area (Å²) in [7, 11) is 0. The fraction of sp³-hybridized carbons (Fsp3) is 0.107. The van der Waals surface area contributed by atoms with E-state index in [1.165, 1.54) is 44.2 Å². The molecule has 282 valence electrons. The van der Waals surface area contributed by atoms with Gasteiger partial charge in [0, 0.05) is 28.0 Å². The Bertz CT molecular complexity index is 2860. The van der Waals surface area contributed by atoms with Crippen LogP contribution in [0.4, 0.5) is 22.7 Å². The number of nitrogens with zero attached hydrogens (tertiary/aromatic N) is 1. The van der Waals surface area contributed by atoms with Gasteiger partial charge in [0.25, 0.3) is 0 Å². The van der Waals surface area contributed by atoms with Gasteiger partial charge in [0.2, 0.25) is 0 Å². The zero-order valence-electron chi connectivity index (χ0n) is 33.8. The van der Waals surface area contributed by atoms with Crippen molar-refractivity contribution in [1.82, 2.24) is 0 Å². The number of fused-ring (bicyclic) bond motifs is 4. The van der Waals surface area contributed by atoms with Gasteiger partial charge in [-0.1, -0.05) is 166 Å². The van der Waals surface area contributed by atoms with Crippen molar-refractivity contribution >= 4 is 39.6 Å². The number of hydrogen-bond donors (Lipinski definition) is 1. The van der Waals surface area contributed by atoms with Crippen LogP contribution in [-0.2, 0) is 5.41 Å². The quantitative estimate of drug-likeness (QED) is 0.140. The maximum Gasteiger partial charge on any atom is 0.0695 e. The van der Waals surface area contributed by atoms with Gasteiger partial charge in [0.15, 0.2) is 0 Å². The molecule has 1 N–H and O–H groups in total. The smallest absolute Gasteiger partial charge is 0.0695 e. The molecule has 2 heteroatoms. The number of anilines is 4. The Kier molecular flexibility index (Phi) is 9.42. The second-order valence-electron chi connectivity index (χ2n) is 16.0. The molecule has 8 aromatic rings. The molecular weight excluding hydrogens is 701 g/mol. The zero-order chi connectivity index (χ0) is 40.0. The van der Waals surface area contributed by atoms with Crippen LogP contribution in [0.5, 0.6) is 0 Å². The van der Waals surface area contributed by atoms with Crippen LogP contribution in [0, 0.1) is 13.8 Å². The Morgan fingerprint density at radius 2 is 1.24 bits per heavy atom. The number of hydrogen-bond acceptors (Lipinski definition) is 2. The van der Waals surface area contributed by atoms with E-state index in [9.17, 15) is 0 Å². The van der Waals surface area contributed by atoms with Crippen molar-refractivity contribution < 1.29 is 0 Å². The van der Waals surface area contributed by atoms with E-state index in [1.54, 1.807) is 0 Å². The Labute approximate surface area is 343 Å². The van der Waals surface area contributed by atoms with E-state index in [0.29, 0.717) is 0 Å². The molecule has 1 unspecified atom stereocenters. The molecule has 9 rings (SSSR count). The first kappa shape index (κ1) is 36.7. The maximum atomic E-state index is 4.31. The number of rotatable bonds is 10. The third kappa shape index (κ3) is 6.32. The average molecular weight is 749 g/mol. The van der Waals surface area contributed by atoms with E-state index >= 15 is 0 Å². The summed E-state index contributed by atoms with van der Waals surface area (Å²) in [5.74, 6) is 0. The van der Waals surface area contributed by atoms with Crippen molar-refractivity contribution in [2.24, 2.45) is 0 Å². The summed E-state index contributed by atoms with van der Waals surface area (Å²) in [6, 6.07) is 61.7. The lowest BCUT2D eigenvalue weighted by atomic mass is 9.82. The first-order valence-electron chi connectivity index (χ1n) is 20.2. The minimum absolute atomic E-state index is 0.0911. The van der Waals surface area contributed by atoms with Gasteiger partial charge < -0.3 is 10.2 Å². The van der Waals surface area contributed by atoms with E-state index < -0.39 is 0 Å². The Balaban J connectivity index is 1.29. The molecule has 2 nitrogen and oxygen atoms in total. The molecule has 0 saturated heterocycles. The predicted molar refractivity (Wildman–Crippen MR) is 250 cm³/mol. The molecule has 1 aliphatic rings. The third-order valence-electron chi connectivity index (χ3n) is 12.2. The summed E-state index contributed by atoms with van der Waals surface area (Å²) in [6.45, 7) is 17.7. The number of benzene rings is 8. The summed E-state index contributed by atoms with van der Waals surface area (Å²) < 4.78 is 0. The molecule has 0 amide bonds. The molecule has 0 spiro atoms. The molecule has 58 heavy (non-hydrogen) atoms. The summed E-state index contributed by atoms with van der Waals surface area (Å²) >= 11 is 0. The van der Waals surface area contributed by atoms with Crippen LogP contribution in [0.1, 0.15) is 53.3 Å². The molecule has 0 saturated carbocycles. The molecule has 0 aromatic heterocycles. The normalized spacial score (nSPS) is 13.0. The molecule has 0 aliphatic heterocycles. The molecule has 1 aliphatic carbocycles. The molecular formula is C56H48N2. The van der Waals surface area contributed by atoms with Crippen molar-refractivity contribution in [2.75, 3.05) is 10.2 Å². The molecule has 0 bridgehead atoms. The van der Waals surface area contributed by atoms with Crippen LogP contribution in [-0.4, -0.2) is 0 Å². The van der Waals surface area contributed by atoms with Crippen molar-refractivity contribution in [3.8, 4) is 33.4 Å². The lowest BCUT2D eigenvalue weighted by Gasteiger charge is -2.32. The lowest BCUT2D eigenvalue weighted by molar-refractivity contribution is 0.660. The average Bonchev–Trinajstić information content (AvgIpc) is 3.49. The van der Waals surface area contributed by atoms with Gasteiger partial charge in [-0.15, -0.1) is 6.58 Å². The highest BCUT2D eigenvalue weighted by atomic mass is 15.1. The van der Waals surface area contributed by atoms with Gasteiger partial charge >= 0.3 is 0 Å². The zero-order valence-corrected chi connectivity index (χ0v) is 33.8. The highest BCUT2D eigenvalue weighted by molar-refractivity contribution is 5.95. The molecule has 8 aromatic carbocycles. The lowest BCUT2D eigenvalue weighted by Crippen LogP contribution is -2.17. The summed E-state index contributed by atoms with van der Waals surface area (Å²) in [6.07, 6.45) is 3.96. The van der Waals surface area contributed by atoms with Crippen molar-refractivity contribution in [3.63, 3.8) is 0 Å². The topological polar surface area (TPSA) is 15.3 Å². The second-order valence-corrected chi connectivity index (χ2v) is 16.0. The minimum atomic E-state index is -0.118. The van der Waals surface area contributed by atoms with Crippen LogP contribution in [0.3, 0.4) is 0 Å². The van der Waals surface area contributed by atoms with Crippen molar-refractivity contribution in [2.45, 2.75) is 39.2 Å². The van der Waals surface area contributed by atoms with Crippen LogP contribution in [0.25, 0.3) is 50.2 Å². The van der Waals surface area contributed by atoms with Crippen LogP contribution >= 0.6 is 0 Å². The molecule has 0 radical (unpaired) electrons. The summed E-state index contributed by atoms with van der Waals surface area (Å²) in [5, 5.41) is 6.48. The van der Waals surface area contributed by atoms with Gasteiger partial charge in [-0.25, -0.2) is 0 Å². The fourth-order valence-electron chi connectivity index (χ4n) is 9.12. The van der Waals surface area contributed by atoms with Gasteiger partial charge in [-0.2, -0.15) is 0 Å². The highest BCUT2D eigenvalue weighted by Crippen LogP contribution is 2.52. The van der Waals surface area contributed by atoms with E-state index in [2.05, 4.69) is 221 Å².